The number of ether oxygens (including phenoxy) is 1. The lowest BCUT2D eigenvalue weighted by Crippen LogP contribution is -2.38. The van der Waals surface area contributed by atoms with E-state index in [0.29, 0.717) is 21.5 Å². The summed E-state index contributed by atoms with van der Waals surface area (Å²) in [4.78, 5) is 13.0. The van der Waals surface area contributed by atoms with Crippen LogP contribution < -0.4 is 14.4 Å². The molecule has 0 aliphatic rings. The second kappa shape index (κ2) is 10.4. The molecule has 1 aromatic heterocycles. The van der Waals surface area contributed by atoms with Crippen LogP contribution in [0.15, 0.2) is 77.7 Å². The lowest BCUT2D eigenvalue weighted by atomic mass is 10.2. The van der Waals surface area contributed by atoms with Gasteiger partial charge in [0.2, 0.25) is 11.0 Å². The van der Waals surface area contributed by atoms with E-state index in [9.17, 15) is 13.2 Å². The van der Waals surface area contributed by atoms with Gasteiger partial charge in [-0.25, -0.2) is 8.42 Å². The predicted octanol–water partition coefficient (Wildman–Crippen LogP) is 5.01. The maximum Gasteiger partial charge on any atom is 0.264 e. The van der Waals surface area contributed by atoms with Gasteiger partial charge in [-0.1, -0.05) is 58.8 Å². The quantitative estimate of drug-likeness (QED) is 0.345. The summed E-state index contributed by atoms with van der Waals surface area (Å²) < 4.78 is 33.3. The van der Waals surface area contributed by atoms with Gasteiger partial charge in [-0.3, -0.25) is 14.4 Å². The Morgan fingerprint density at radius 2 is 1.77 bits per heavy atom. The Hall–Kier alpha value is -3.47. The standard InChI is InChI=1S/C24H21ClN4O4S2/c1-16-6-12-21(13-7-16)35(31,32)29(19-4-3-5-20(14-19)33-2)15-22(30)26-24-28-27-23(34-24)17-8-10-18(25)11-9-17/h3-14H,15H2,1-2H3,(H,26,28,30). The molecule has 1 amide bonds. The van der Waals surface area contributed by atoms with Crippen LogP contribution in [-0.4, -0.2) is 38.2 Å². The normalized spacial score (nSPS) is 11.2. The molecule has 0 aliphatic heterocycles. The number of methoxy groups -OCH3 is 1. The number of nitrogens with zero attached hydrogens (tertiary/aromatic N) is 3. The summed E-state index contributed by atoms with van der Waals surface area (Å²) in [6.07, 6.45) is 0. The van der Waals surface area contributed by atoms with Gasteiger partial charge < -0.3 is 4.74 Å². The van der Waals surface area contributed by atoms with E-state index in [1.165, 1.54) is 30.6 Å². The van der Waals surface area contributed by atoms with Crippen LogP contribution in [0.4, 0.5) is 10.8 Å². The van der Waals surface area contributed by atoms with Crippen molar-refractivity contribution < 1.29 is 17.9 Å². The van der Waals surface area contributed by atoms with Gasteiger partial charge in [0.05, 0.1) is 17.7 Å². The van der Waals surface area contributed by atoms with Crippen molar-refractivity contribution in [2.45, 2.75) is 11.8 Å². The Kier molecular flexibility index (Phi) is 7.34. The Labute approximate surface area is 212 Å². The van der Waals surface area contributed by atoms with Crippen LogP contribution in [-0.2, 0) is 14.8 Å². The van der Waals surface area contributed by atoms with Crippen molar-refractivity contribution in [3.8, 4) is 16.3 Å². The maximum atomic E-state index is 13.5. The van der Waals surface area contributed by atoms with Crippen molar-refractivity contribution in [3.05, 3.63) is 83.4 Å². The number of carbonyl (C=O) groups is 1. The minimum absolute atomic E-state index is 0.0691. The van der Waals surface area contributed by atoms with Crippen molar-refractivity contribution in [1.82, 2.24) is 10.2 Å². The zero-order valence-electron chi connectivity index (χ0n) is 18.8. The second-order valence-electron chi connectivity index (χ2n) is 7.49. The van der Waals surface area contributed by atoms with E-state index in [4.69, 9.17) is 16.3 Å². The highest BCUT2D eigenvalue weighted by atomic mass is 35.5. The molecule has 1 heterocycles. The molecule has 0 atom stereocenters. The number of carbonyl (C=O) groups excluding carboxylic acids is 1. The number of aromatic nitrogens is 2. The largest absolute Gasteiger partial charge is 0.497 e. The summed E-state index contributed by atoms with van der Waals surface area (Å²) in [5, 5.41) is 12.2. The molecule has 8 nitrogen and oxygen atoms in total. The highest BCUT2D eigenvalue weighted by Gasteiger charge is 2.28. The first-order valence-electron chi connectivity index (χ1n) is 10.4. The molecule has 0 spiro atoms. The number of hydrogen-bond acceptors (Lipinski definition) is 7. The summed E-state index contributed by atoms with van der Waals surface area (Å²) in [6, 6.07) is 20.0. The number of amides is 1. The van der Waals surface area contributed by atoms with Crippen LogP contribution in [0.1, 0.15) is 5.56 Å². The van der Waals surface area contributed by atoms with Gasteiger partial charge in [0, 0.05) is 16.7 Å². The summed E-state index contributed by atoms with van der Waals surface area (Å²) in [5.74, 6) is -0.106. The van der Waals surface area contributed by atoms with Crippen molar-refractivity contribution in [3.63, 3.8) is 0 Å². The Bertz CT molecular complexity index is 1440. The molecule has 180 valence electrons. The van der Waals surface area contributed by atoms with E-state index in [-0.39, 0.29) is 10.0 Å². The molecule has 0 saturated heterocycles. The third kappa shape index (κ3) is 5.79. The molecule has 0 unspecified atom stereocenters. The van der Waals surface area contributed by atoms with E-state index in [1.807, 2.05) is 6.92 Å². The predicted molar refractivity (Wildman–Crippen MR) is 138 cm³/mol. The smallest absolute Gasteiger partial charge is 0.264 e. The van der Waals surface area contributed by atoms with Crippen LogP contribution in [0, 0.1) is 6.92 Å². The SMILES string of the molecule is COc1cccc(N(CC(=O)Nc2nnc(-c3ccc(Cl)cc3)s2)S(=O)(=O)c2ccc(C)cc2)c1. The van der Waals surface area contributed by atoms with Gasteiger partial charge in [0.15, 0.2) is 0 Å². The minimum Gasteiger partial charge on any atom is -0.497 e. The monoisotopic (exact) mass is 528 g/mol. The van der Waals surface area contributed by atoms with Crippen LogP contribution in [0.2, 0.25) is 5.02 Å². The fraction of sp³-hybridized carbons (Fsp3) is 0.125. The van der Waals surface area contributed by atoms with Crippen molar-refractivity contribution in [1.29, 1.82) is 0 Å². The Balaban J connectivity index is 1.60. The topological polar surface area (TPSA) is 101 Å². The minimum atomic E-state index is -4.05. The average molecular weight is 529 g/mol. The zero-order chi connectivity index (χ0) is 25.0. The number of halogens is 1. The van der Waals surface area contributed by atoms with Gasteiger partial charge in [-0.15, -0.1) is 10.2 Å². The Morgan fingerprint density at radius 3 is 2.46 bits per heavy atom. The van der Waals surface area contributed by atoms with E-state index >= 15 is 0 Å². The molecule has 4 aromatic rings. The van der Waals surface area contributed by atoms with Crippen LogP contribution >= 0.6 is 22.9 Å². The molecule has 11 heteroatoms. The van der Waals surface area contributed by atoms with E-state index in [1.54, 1.807) is 60.7 Å². The van der Waals surface area contributed by atoms with Crippen molar-refractivity contribution in [2.24, 2.45) is 0 Å². The summed E-state index contributed by atoms with van der Waals surface area (Å²) in [5.41, 5.74) is 2.01. The first kappa shape index (κ1) is 24.6. The van der Waals surface area contributed by atoms with Crippen LogP contribution in [0.3, 0.4) is 0 Å². The van der Waals surface area contributed by atoms with Gasteiger partial charge in [-0.05, 0) is 43.3 Å². The lowest BCUT2D eigenvalue weighted by Gasteiger charge is -2.24. The van der Waals surface area contributed by atoms with Crippen LogP contribution in [0.5, 0.6) is 5.75 Å². The lowest BCUT2D eigenvalue weighted by molar-refractivity contribution is -0.114. The molecule has 35 heavy (non-hydrogen) atoms. The van der Waals surface area contributed by atoms with Gasteiger partial charge in [-0.2, -0.15) is 0 Å². The Morgan fingerprint density at radius 1 is 1.06 bits per heavy atom. The maximum absolute atomic E-state index is 13.5. The van der Waals surface area contributed by atoms with Crippen molar-refractivity contribution >= 4 is 49.7 Å². The van der Waals surface area contributed by atoms with E-state index in [2.05, 4.69) is 15.5 Å². The highest BCUT2D eigenvalue weighted by molar-refractivity contribution is 7.92. The summed E-state index contributed by atoms with van der Waals surface area (Å²) >= 11 is 7.10. The molecule has 0 radical (unpaired) electrons. The van der Waals surface area contributed by atoms with Crippen molar-refractivity contribution in [2.75, 3.05) is 23.3 Å². The molecule has 1 N–H and O–H groups in total. The molecule has 3 aromatic carbocycles. The number of hydrogen-bond donors (Lipinski definition) is 1. The molecular weight excluding hydrogens is 508 g/mol. The highest BCUT2D eigenvalue weighted by Crippen LogP contribution is 2.29. The van der Waals surface area contributed by atoms with Gasteiger partial charge in [0.1, 0.15) is 17.3 Å². The molecule has 0 bridgehead atoms. The average Bonchev–Trinajstić information content (AvgIpc) is 3.31. The number of anilines is 2. The fourth-order valence-electron chi connectivity index (χ4n) is 3.19. The molecule has 4 rings (SSSR count). The number of rotatable bonds is 8. The number of nitrogens with one attached hydrogen (secondary N) is 1. The van der Waals surface area contributed by atoms with E-state index in [0.717, 1.165) is 15.4 Å². The third-order valence-electron chi connectivity index (χ3n) is 5.00. The van der Waals surface area contributed by atoms with E-state index < -0.39 is 22.5 Å². The third-order valence-corrected chi connectivity index (χ3v) is 7.93. The fourth-order valence-corrected chi connectivity index (χ4v) is 5.49. The molecule has 0 saturated carbocycles. The zero-order valence-corrected chi connectivity index (χ0v) is 21.2. The number of sulfonamides is 1. The number of benzene rings is 3. The first-order valence-corrected chi connectivity index (χ1v) is 13.0. The number of aryl methyl sites for hydroxylation is 1. The van der Waals surface area contributed by atoms with Crippen LogP contribution in [0.25, 0.3) is 10.6 Å². The van der Waals surface area contributed by atoms with Gasteiger partial charge in [0.25, 0.3) is 10.0 Å². The summed E-state index contributed by atoms with van der Waals surface area (Å²) in [6.45, 7) is 1.39. The molecular formula is C24H21ClN4O4S2. The molecule has 0 aliphatic carbocycles. The first-order chi connectivity index (χ1) is 16.8. The second-order valence-corrected chi connectivity index (χ2v) is 10.8. The summed E-state index contributed by atoms with van der Waals surface area (Å²) in [7, 11) is -2.57. The van der Waals surface area contributed by atoms with Gasteiger partial charge >= 0.3 is 0 Å². The molecule has 0 fully saturated rings.